The molecule has 0 aliphatic carbocycles. The minimum atomic E-state index is -2.31. The lowest BCUT2D eigenvalue weighted by molar-refractivity contribution is 0.101. The van der Waals surface area contributed by atoms with Gasteiger partial charge in [0.2, 0.25) is 0 Å². The predicted molar refractivity (Wildman–Crippen MR) is 68.3 cm³/mol. The molecule has 0 N–H and O–H groups in total. The molecule has 0 amide bonds. The van der Waals surface area contributed by atoms with Crippen molar-refractivity contribution in [2.75, 3.05) is 20.1 Å². The third-order valence-corrected chi connectivity index (χ3v) is 2.79. The van der Waals surface area contributed by atoms with E-state index in [1.165, 1.54) is 6.07 Å². The van der Waals surface area contributed by atoms with Gasteiger partial charge in [0, 0.05) is 24.8 Å². The van der Waals surface area contributed by atoms with E-state index in [0.29, 0.717) is 13.0 Å². The van der Waals surface area contributed by atoms with Crippen LogP contribution in [0.2, 0.25) is 0 Å². The maximum Gasteiger partial charge on any atom is 0.251 e. The second kappa shape index (κ2) is 6.64. The van der Waals surface area contributed by atoms with Crippen LogP contribution in [0.1, 0.15) is 25.5 Å². The van der Waals surface area contributed by atoms with Crippen LogP contribution in [0.3, 0.4) is 0 Å². The van der Waals surface area contributed by atoms with Crippen LogP contribution >= 0.6 is 0 Å². The lowest BCUT2D eigenvalue weighted by Crippen LogP contribution is -2.27. The van der Waals surface area contributed by atoms with E-state index in [-0.39, 0.29) is 18.1 Å². The highest BCUT2D eigenvalue weighted by Gasteiger charge is 2.08. The lowest BCUT2D eigenvalue weighted by Gasteiger charge is -2.16. The standard InChI is InChI=1S/C13H20F2N2O/c1-10(2)17-8-11(4-5-13(17)18)6-7-16(3)9-12(14)15/h4-5,8,10,12H,6-7,9H2,1-3H3. The first-order valence-corrected chi connectivity index (χ1v) is 6.08. The van der Waals surface area contributed by atoms with Gasteiger partial charge in [0.1, 0.15) is 0 Å². The summed E-state index contributed by atoms with van der Waals surface area (Å²) in [6, 6.07) is 3.40. The zero-order chi connectivity index (χ0) is 13.7. The van der Waals surface area contributed by atoms with Gasteiger partial charge in [0.05, 0.1) is 6.54 Å². The van der Waals surface area contributed by atoms with Gasteiger partial charge in [-0.15, -0.1) is 0 Å². The normalized spacial score (nSPS) is 11.8. The molecule has 0 aliphatic rings. The van der Waals surface area contributed by atoms with Crippen molar-refractivity contribution in [1.82, 2.24) is 9.47 Å². The van der Waals surface area contributed by atoms with Crippen molar-refractivity contribution in [1.29, 1.82) is 0 Å². The van der Waals surface area contributed by atoms with Crippen LogP contribution in [0, 0.1) is 0 Å². The second-order valence-electron chi connectivity index (χ2n) is 4.78. The molecule has 18 heavy (non-hydrogen) atoms. The van der Waals surface area contributed by atoms with Gasteiger partial charge in [-0.05, 0) is 32.9 Å². The Hall–Kier alpha value is -1.23. The van der Waals surface area contributed by atoms with Gasteiger partial charge in [-0.3, -0.25) is 4.79 Å². The fourth-order valence-corrected chi connectivity index (χ4v) is 1.75. The lowest BCUT2D eigenvalue weighted by atomic mass is 10.2. The van der Waals surface area contributed by atoms with Gasteiger partial charge < -0.3 is 9.47 Å². The summed E-state index contributed by atoms with van der Waals surface area (Å²) in [5, 5.41) is 0. The number of nitrogens with zero attached hydrogens (tertiary/aromatic N) is 2. The molecule has 3 nitrogen and oxygen atoms in total. The monoisotopic (exact) mass is 258 g/mol. The van der Waals surface area contributed by atoms with Crippen molar-refractivity contribution in [3.63, 3.8) is 0 Å². The summed E-state index contributed by atoms with van der Waals surface area (Å²) in [6.45, 7) is 4.21. The molecule has 0 spiro atoms. The van der Waals surface area contributed by atoms with E-state index in [2.05, 4.69) is 0 Å². The summed E-state index contributed by atoms with van der Waals surface area (Å²) in [6.07, 6.45) is 0.166. The Kier molecular flexibility index (Phi) is 5.47. The van der Waals surface area contributed by atoms with Gasteiger partial charge in [-0.2, -0.15) is 0 Å². The number of pyridine rings is 1. The van der Waals surface area contributed by atoms with Crippen molar-refractivity contribution in [3.05, 3.63) is 34.2 Å². The minimum Gasteiger partial charge on any atom is -0.313 e. The molecule has 0 radical (unpaired) electrons. The van der Waals surface area contributed by atoms with E-state index in [4.69, 9.17) is 0 Å². The minimum absolute atomic E-state index is 0.0327. The highest BCUT2D eigenvalue weighted by molar-refractivity contribution is 5.11. The number of alkyl halides is 2. The molecule has 1 rings (SSSR count). The quantitative estimate of drug-likeness (QED) is 0.781. The molecule has 0 aromatic carbocycles. The summed E-state index contributed by atoms with van der Waals surface area (Å²) in [4.78, 5) is 13.1. The Labute approximate surface area is 106 Å². The number of hydrogen-bond acceptors (Lipinski definition) is 2. The molecular weight excluding hydrogens is 238 g/mol. The van der Waals surface area contributed by atoms with E-state index in [9.17, 15) is 13.6 Å². The van der Waals surface area contributed by atoms with E-state index in [1.807, 2.05) is 20.0 Å². The van der Waals surface area contributed by atoms with E-state index >= 15 is 0 Å². The first kappa shape index (κ1) is 14.8. The van der Waals surface area contributed by atoms with E-state index < -0.39 is 6.43 Å². The van der Waals surface area contributed by atoms with Crippen LogP contribution in [-0.2, 0) is 6.42 Å². The molecule has 1 aromatic heterocycles. The Morgan fingerprint density at radius 1 is 1.33 bits per heavy atom. The van der Waals surface area contributed by atoms with Crippen molar-refractivity contribution in [2.24, 2.45) is 0 Å². The van der Waals surface area contributed by atoms with Crippen LogP contribution in [-0.4, -0.2) is 36.0 Å². The first-order valence-electron chi connectivity index (χ1n) is 6.08. The van der Waals surface area contributed by atoms with Crippen molar-refractivity contribution in [2.45, 2.75) is 32.7 Å². The van der Waals surface area contributed by atoms with Gasteiger partial charge in [-0.1, -0.05) is 6.07 Å². The summed E-state index contributed by atoms with van der Waals surface area (Å²) < 4.78 is 25.9. The van der Waals surface area contributed by atoms with Crippen LogP contribution in [0.5, 0.6) is 0 Å². The smallest absolute Gasteiger partial charge is 0.251 e. The summed E-state index contributed by atoms with van der Waals surface area (Å²) >= 11 is 0. The summed E-state index contributed by atoms with van der Waals surface area (Å²) in [5.41, 5.74) is 0.958. The molecule has 0 saturated carbocycles. The third-order valence-electron chi connectivity index (χ3n) is 2.79. The average molecular weight is 258 g/mol. The average Bonchev–Trinajstić information content (AvgIpc) is 2.26. The van der Waals surface area contributed by atoms with Crippen molar-refractivity contribution < 1.29 is 8.78 Å². The first-order chi connectivity index (χ1) is 8.40. The zero-order valence-corrected chi connectivity index (χ0v) is 11.1. The molecule has 102 valence electrons. The molecule has 0 fully saturated rings. The van der Waals surface area contributed by atoms with Crippen LogP contribution < -0.4 is 5.56 Å². The zero-order valence-electron chi connectivity index (χ0n) is 11.1. The Balaban J connectivity index is 2.63. The highest BCUT2D eigenvalue weighted by atomic mass is 19.3. The van der Waals surface area contributed by atoms with Crippen molar-refractivity contribution >= 4 is 0 Å². The fraction of sp³-hybridized carbons (Fsp3) is 0.615. The highest BCUT2D eigenvalue weighted by Crippen LogP contribution is 2.05. The van der Waals surface area contributed by atoms with E-state index in [0.717, 1.165) is 5.56 Å². The van der Waals surface area contributed by atoms with Gasteiger partial charge in [-0.25, -0.2) is 8.78 Å². The summed E-state index contributed by atoms with van der Waals surface area (Å²) in [7, 11) is 1.67. The Morgan fingerprint density at radius 2 is 2.00 bits per heavy atom. The Morgan fingerprint density at radius 3 is 2.56 bits per heavy atom. The van der Waals surface area contributed by atoms with Gasteiger partial charge >= 0.3 is 0 Å². The fourth-order valence-electron chi connectivity index (χ4n) is 1.75. The number of likely N-dealkylation sites (N-methyl/N-ethyl adjacent to an activating group) is 1. The number of rotatable bonds is 6. The molecule has 5 heteroatoms. The second-order valence-corrected chi connectivity index (χ2v) is 4.78. The molecule has 1 aromatic rings. The molecule has 0 aliphatic heterocycles. The maximum atomic E-state index is 12.1. The van der Waals surface area contributed by atoms with Crippen molar-refractivity contribution in [3.8, 4) is 0 Å². The van der Waals surface area contributed by atoms with Gasteiger partial charge in [0.15, 0.2) is 0 Å². The molecule has 0 atom stereocenters. The largest absolute Gasteiger partial charge is 0.313 e. The van der Waals surface area contributed by atoms with Gasteiger partial charge in [0.25, 0.3) is 12.0 Å². The number of aromatic nitrogens is 1. The SMILES string of the molecule is CC(C)n1cc(CCN(C)CC(F)F)ccc1=O. The molecule has 0 saturated heterocycles. The molecule has 1 heterocycles. The number of hydrogen-bond donors (Lipinski definition) is 0. The van der Waals surface area contributed by atoms with Crippen LogP contribution in [0.4, 0.5) is 8.78 Å². The topological polar surface area (TPSA) is 25.2 Å². The van der Waals surface area contributed by atoms with E-state index in [1.54, 1.807) is 22.6 Å². The molecular formula is C13H20F2N2O. The summed E-state index contributed by atoms with van der Waals surface area (Å²) in [5.74, 6) is 0. The molecule has 0 bridgehead atoms. The Bertz CT molecular complexity index is 429. The van der Waals surface area contributed by atoms with Crippen LogP contribution in [0.25, 0.3) is 0 Å². The molecule has 0 unspecified atom stereocenters. The third kappa shape index (κ3) is 4.56. The van der Waals surface area contributed by atoms with Crippen LogP contribution in [0.15, 0.2) is 23.1 Å². The number of halogens is 2. The predicted octanol–water partition coefficient (Wildman–Crippen LogP) is 2.17. The maximum absolute atomic E-state index is 12.1.